The molecule has 2 aliphatic heterocycles. The lowest BCUT2D eigenvalue weighted by molar-refractivity contribution is -0.121. The number of halogens is 2. The summed E-state index contributed by atoms with van der Waals surface area (Å²) in [5.74, 6) is 1.24. The molecule has 0 atom stereocenters. The maximum absolute atomic E-state index is 13.4. The van der Waals surface area contributed by atoms with Crippen molar-refractivity contribution >= 4 is 35.8 Å². The Morgan fingerprint density at radius 1 is 1.23 bits per heavy atom. The standard InChI is InChI=1S/C22H33FN4O2.HI/c1-24-20(28)15-17-7-11-27(12-8-17)21(25-2)26-16-22(9-13-29-14-10-22)18-3-5-19(23)6-4-18;/h3-6,17H,7-16H2,1-2H3,(H,24,28)(H,25,26);1H. The highest BCUT2D eigenvalue weighted by Crippen LogP contribution is 2.34. The van der Waals surface area contributed by atoms with Crippen LogP contribution in [0.1, 0.15) is 37.7 Å². The third-order valence-corrected chi connectivity index (χ3v) is 6.37. The first-order valence-electron chi connectivity index (χ1n) is 10.6. The molecule has 30 heavy (non-hydrogen) atoms. The molecule has 1 amide bonds. The average molecular weight is 532 g/mol. The zero-order chi connectivity index (χ0) is 20.7. The van der Waals surface area contributed by atoms with Gasteiger partial charge in [-0.3, -0.25) is 9.79 Å². The molecule has 0 aliphatic carbocycles. The van der Waals surface area contributed by atoms with Gasteiger partial charge in [-0.25, -0.2) is 4.39 Å². The van der Waals surface area contributed by atoms with E-state index in [1.807, 2.05) is 19.2 Å². The van der Waals surface area contributed by atoms with Crippen LogP contribution in [0.5, 0.6) is 0 Å². The SMILES string of the molecule is CN=C(NCC1(c2ccc(F)cc2)CCOCC1)N1CCC(CC(=O)NC)CC1.I. The van der Waals surface area contributed by atoms with E-state index in [0.717, 1.165) is 56.8 Å². The molecule has 0 aromatic heterocycles. The molecule has 1 aromatic rings. The Bertz CT molecular complexity index is 700. The molecular formula is C22H34FIN4O2. The summed E-state index contributed by atoms with van der Waals surface area (Å²) in [6.07, 6.45) is 4.38. The summed E-state index contributed by atoms with van der Waals surface area (Å²) in [6.45, 7) is 3.96. The second-order valence-corrected chi connectivity index (χ2v) is 8.11. The topological polar surface area (TPSA) is 66.0 Å². The number of nitrogens with zero attached hydrogens (tertiary/aromatic N) is 2. The number of aliphatic imine (C=N–C) groups is 1. The lowest BCUT2D eigenvalue weighted by atomic mass is 9.74. The Hall–Kier alpha value is -1.42. The van der Waals surface area contributed by atoms with Crippen molar-refractivity contribution in [1.29, 1.82) is 0 Å². The highest BCUT2D eigenvalue weighted by molar-refractivity contribution is 14.0. The molecule has 2 N–H and O–H groups in total. The van der Waals surface area contributed by atoms with E-state index in [4.69, 9.17) is 4.74 Å². The minimum Gasteiger partial charge on any atom is -0.381 e. The van der Waals surface area contributed by atoms with E-state index in [9.17, 15) is 9.18 Å². The lowest BCUT2D eigenvalue weighted by Crippen LogP contribution is -2.51. The van der Waals surface area contributed by atoms with Crippen molar-refractivity contribution in [2.45, 2.75) is 37.5 Å². The molecule has 6 nitrogen and oxygen atoms in total. The molecule has 8 heteroatoms. The van der Waals surface area contributed by atoms with E-state index in [-0.39, 0.29) is 41.1 Å². The van der Waals surface area contributed by atoms with Gasteiger partial charge in [0.15, 0.2) is 5.96 Å². The summed E-state index contributed by atoms with van der Waals surface area (Å²) in [5, 5.41) is 6.29. The zero-order valence-electron chi connectivity index (χ0n) is 18.0. The molecule has 0 radical (unpaired) electrons. The smallest absolute Gasteiger partial charge is 0.220 e. The van der Waals surface area contributed by atoms with Gasteiger partial charge in [-0.2, -0.15) is 0 Å². The highest BCUT2D eigenvalue weighted by atomic mass is 127. The normalized spacial score (nSPS) is 19.7. The fraction of sp³-hybridized carbons (Fsp3) is 0.636. The summed E-state index contributed by atoms with van der Waals surface area (Å²) in [4.78, 5) is 18.4. The first-order valence-corrected chi connectivity index (χ1v) is 10.6. The van der Waals surface area contributed by atoms with E-state index >= 15 is 0 Å². The zero-order valence-corrected chi connectivity index (χ0v) is 20.3. The minimum atomic E-state index is -0.209. The van der Waals surface area contributed by atoms with Crippen LogP contribution in [0.2, 0.25) is 0 Å². The Balaban J connectivity index is 0.00000320. The number of carbonyl (C=O) groups is 1. The van der Waals surface area contributed by atoms with Gasteiger partial charge in [0.1, 0.15) is 5.82 Å². The van der Waals surface area contributed by atoms with Crippen LogP contribution in [0.15, 0.2) is 29.3 Å². The quantitative estimate of drug-likeness (QED) is 0.348. The molecular weight excluding hydrogens is 498 g/mol. The van der Waals surface area contributed by atoms with Crippen molar-refractivity contribution in [3.05, 3.63) is 35.6 Å². The van der Waals surface area contributed by atoms with Crippen molar-refractivity contribution in [3.8, 4) is 0 Å². The van der Waals surface area contributed by atoms with Crippen molar-refractivity contribution < 1.29 is 13.9 Å². The van der Waals surface area contributed by atoms with Crippen molar-refractivity contribution in [2.75, 3.05) is 46.9 Å². The van der Waals surface area contributed by atoms with Crippen LogP contribution in [0.4, 0.5) is 4.39 Å². The van der Waals surface area contributed by atoms with Crippen molar-refractivity contribution in [2.24, 2.45) is 10.9 Å². The Morgan fingerprint density at radius 3 is 2.43 bits per heavy atom. The van der Waals surface area contributed by atoms with Gasteiger partial charge in [0.05, 0.1) is 0 Å². The summed E-state index contributed by atoms with van der Waals surface area (Å²) in [7, 11) is 3.50. The van der Waals surface area contributed by atoms with Crippen LogP contribution < -0.4 is 10.6 Å². The van der Waals surface area contributed by atoms with E-state index in [1.165, 1.54) is 0 Å². The fourth-order valence-electron chi connectivity index (χ4n) is 4.43. The van der Waals surface area contributed by atoms with Crippen LogP contribution in [0, 0.1) is 11.7 Å². The number of ether oxygens (including phenoxy) is 1. The fourth-order valence-corrected chi connectivity index (χ4v) is 4.43. The van der Waals surface area contributed by atoms with Crippen LogP contribution >= 0.6 is 24.0 Å². The number of piperidine rings is 1. The summed E-state index contributed by atoms with van der Waals surface area (Å²) >= 11 is 0. The minimum absolute atomic E-state index is 0. The molecule has 0 unspecified atom stereocenters. The Morgan fingerprint density at radius 2 is 1.87 bits per heavy atom. The molecule has 0 bridgehead atoms. The van der Waals surface area contributed by atoms with Crippen molar-refractivity contribution in [3.63, 3.8) is 0 Å². The van der Waals surface area contributed by atoms with Gasteiger partial charge >= 0.3 is 0 Å². The van der Waals surface area contributed by atoms with Gasteiger partial charge in [0, 0.05) is 58.8 Å². The first kappa shape index (κ1) is 24.8. The molecule has 168 valence electrons. The number of likely N-dealkylation sites (tertiary alicyclic amines) is 1. The predicted octanol–water partition coefficient (Wildman–Crippen LogP) is 2.92. The van der Waals surface area contributed by atoms with Gasteiger partial charge < -0.3 is 20.3 Å². The molecule has 2 aliphatic rings. The van der Waals surface area contributed by atoms with Crippen LogP contribution in [0.25, 0.3) is 0 Å². The van der Waals surface area contributed by atoms with Gasteiger partial charge in [-0.15, -0.1) is 24.0 Å². The first-order chi connectivity index (χ1) is 14.1. The van der Waals surface area contributed by atoms with Crippen molar-refractivity contribution in [1.82, 2.24) is 15.5 Å². The second-order valence-electron chi connectivity index (χ2n) is 8.11. The van der Waals surface area contributed by atoms with E-state index in [0.29, 0.717) is 25.6 Å². The number of guanidine groups is 1. The predicted molar refractivity (Wildman–Crippen MR) is 128 cm³/mol. The molecule has 2 saturated heterocycles. The number of hydrogen-bond acceptors (Lipinski definition) is 3. The van der Waals surface area contributed by atoms with Gasteiger partial charge in [0.25, 0.3) is 0 Å². The maximum Gasteiger partial charge on any atom is 0.220 e. The number of rotatable bonds is 5. The monoisotopic (exact) mass is 532 g/mol. The second kappa shape index (κ2) is 11.8. The van der Waals surface area contributed by atoms with Gasteiger partial charge in [-0.05, 0) is 49.3 Å². The molecule has 2 fully saturated rings. The van der Waals surface area contributed by atoms with Crippen LogP contribution in [0.3, 0.4) is 0 Å². The van der Waals surface area contributed by atoms with E-state index in [2.05, 4.69) is 20.5 Å². The van der Waals surface area contributed by atoms with E-state index < -0.39 is 0 Å². The number of benzene rings is 1. The third-order valence-electron chi connectivity index (χ3n) is 6.37. The molecule has 0 spiro atoms. The largest absolute Gasteiger partial charge is 0.381 e. The summed E-state index contributed by atoms with van der Waals surface area (Å²) in [6, 6.07) is 6.88. The third kappa shape index (κ3) is 6.29. The number of nitrogens with one attached hydrogen (secondary N) is 2. The van der Waals surface area contributed by atoms with Crippen LogP contribution in [-0.2, 0) is 14.9 Å². The molecule has 3 rings (SSSR count). The molecule has 2 heterocycles. The maximum atomic E-state index is 13.4. The summed E-state index contributed by atoms with van der Waals surface area (Å²) < 4.78 is 19.0. The van der Waals surface area contributed by atoms with Crippen LogP contribution in [-0.4, -0.2) is 63.7 Å². The number of hydrogen-bond donors (Lipinski definition) is 2. The number of amides is 1. The Kier molecular flexibility index (Phi) is 9.80. The highest BCUT2D eigenvalue weighted by Gasteiger charge is 2.35. The molecule has 0 saturated carbocycles. The van der Waals surface area contributed by atoms with Gasteiger partial charge in [0.2, 0.25) is 5.91 Å². The Labute approximate surface area is 196 Å². The lowest BCUT2D eigenvalue weighted by Gasteiger charge is -2.40. The average Bonchev–Trinajstić information content (AvgIpc) is 2.76. The number of carbonyl (C=O) groups excluding carboxylic acids is 1. The van der Waals surface area contributed by atoms with E-state index in [1.54, 1.807) is 19.2 Å². The van der Waals surface area contributed by atoms with Gasteiger partial charge in [-0.1, -0.05) is 12.1 Å². The summed E-state index contributed by atoms with van der Waals surface area (Å²) in [5.41, 5.74) is 1.06. The molecule has 1 aromatic carbocycles.